The number of hydrogen-bond donors (Lipinski definition) is 1. The molecule has 0 bridgehead atoms. The first-order valence-corrected chi connectivity index (χ1v) is 13.2. The molecule has 0 saturated heterocycles. The first-order chi connectivity index (χ1) is 18.9. The lowest BCUT2D eigenvalue weighted by molar-refractivity contribution is -0.142. The second kappa shape index (κ2) is 11.6. The van der Waals surface area contributed by atoms with Crippen LogP contribution in [0.3, 0.4) is 0 Å². The number of rotatable bonds is 10. The maximum absolute atomic E-state index is 14.1. The zero-order chi connectivity index (χ0) is 27.4. The van der Waals surface area contributed by atoms with Crippen molar-refractivity contribution in [2.24, 2.45) is 5.92 Å². The van der Waals surface area contributed by atoms with Gasteiger partial charge in [-0.3, -0.25) is 9.59 Å². The van der Waals surface area contributed by atoms with Gasteiger partial charge in [0.05, 0.1) is 5.52 Å². The number of para-hydroxylation sites is 1. The standard InChI is InChI=1S/C30H33N5O4/c1-20(2)14-15-31-30(37)29(23-11-8-21(3)9-12-23)34(17-22-10-13-26-27(16-22)39-19-38-26)28(36)18-35-25-7-5-4-6-24(25)32-33-35/h4-13,16,20,29H,14-15,17-19H2,1-3H3,(H,31,37)/t29-/m1/s1. The van der Waals surface area contributed by atoms with Crippen molar-refractivity contribution in [3.63, 3.8) is 0 Å². The van der Waals surface area contributed by atoms with Gasteiger partial charge in [-0.25, -0.2) is 4.68 Å². The highest BCUT2D eigenvalue weighted by molar-refractivity contribution is 5.89. The fraction of sp³-hybridized carbons (Fsp3) is 0.333. The van der Waals surface area contributed by atoms with Crippen LogP contribution in [0.25, 0.3) is 11.0 Å². The highest BCUT2D eigenvalue weighted by atomic mass is 16.7. The first-order valence-electron chi connectivity index (χ1n) is 13.2. The van der Waals surface area contributed by atoms with E-state index >= 15 is 0 Å². The lowest BCUT2D eigenvalue weighted by Gasteiger charge is -2.32. The highest BCUT2D eigenvalue weighted by Crippen LogP contribution is 2.34. The molecule has 39 heavy (non-hydrogen) atoms. The van der Waals surface area contributed by atoms with Crippen molar-refractivity contribution < 1.29 is 19.1 Å². The monoisotopic (exact) mass is 527 g/mol. The van der Waals surface area contributed by atoms with Gasteiger partial charge < -0.3 is 19.7 Å². The van der Waals surface area contributed by atoms with Crippen molar-refractivity contribution in [1.29, 1.82) is 0 Å². The van der Waals surface area contributed by atoms with Gasteiger partial charge in [0.2, 0.25) is 18.6 Å². The van der Waals surface area contributed by atoms with Crippen molar-refractivity contribution in [2.75, 3.05) is 13.3 Å². The highest BCUT2D eigenvalue weighted by Gasteiger charge is 2.32. The zero-order valence-electron chi connectivity index (χ0n) is 22.5. The molecule has 3 aromatic carbocycles. The van der Waals surface area contributed by atoms with Crippen LogP contribution in [0.15, 0.2) is 66.7 Å². The number of benzene rings is 3. The molecule has 1 aliphatic heterocycles. The molecule has 9 nitrogen and oxygen atoms in total. The van der Waals surface area contributed by atoms with E-state index in [2.05, 4.69) is 29.5 Å². The third-order valence-corrected chi connectivity index (χ3v) is 6.79. The molecule has 0 unspecified atom stereocenters. The van der Waals surface area contributed by atoms with Gasteiger partial charge in [-0.05, 0) is 54.7 Å². The smallest absolute Gasteiger partial charge is 0.247 e. The summed E-state index contributed by atoms with van der Waals surface area (Å²) in [5.41, 5.74) is 4.08. The Morgan fingerprint density at radius 1 is 1.03 bits per heavy atom. The summed E-state index contributed by atoms with van der Waals surface area (Å²) in [5, 5.41) is 11.5. The molecule has 0 fully saturated rings. The van der Waals surface area contributed by atoms with Crippen molar-refractivity contribution in [3.8, 4) is 11.5 Å². The summed E-state index contributed by atoms with van der Waals surface area (Å²) in [4.78, 5) is 29.4. The summed E-state index contributed by atoms with van der Waals surface area (Å²) in [6.45, 7) is 7.03. The number of ether oxygens (including phenoxy) is 2. The average Bonchev–Trinajstić information content (AvgIpc) is 3.56. The normalized spacial score (nSPS) is 13.0. The van der Waals surface area contributed by atoms with Crippen molar-refractivity contribution in [2.45, 2.75) is 46.3 Å². The Labute approximate surface area is 227 Å². The number of aryl methyl sites for hydroxylation is 1. The number of aromatic nitrogens is 3. The molecule has 1 N–H and O–H groups in total. The molecule has 0 saturated carbocycles. The van der Waals surface area contributed by atoms with E-state index in [9.17, 15) is 9.59 Å². The first kappa shape index (κ1) is 26.2. The van der Waals surface area contributed by atoms with Crippen LogP contribution in [0.1, 0.15) is 43.0 Å². The van der Waals surface area contributed by atoms with Crippen LogP contribution in [0.2, 0.25) is 0 Å². The molecular weight excluding hydrogens is 494 g/mol. The minimum absolute atomic E-state index is 0.0628. The molecule has 2 amide bonds. The van der Waals surface area contributed by atoms with Gasteiger partial charge in [0, 0.05) is 13.1 Å². The van der Waals surface area contributed by atoms with E-state index in [4.69, 9.17) is 9.47 Å². The van der Waals surface area contributed by atoms with Crippen molar-refractivity contribution in [3.05, 3.63) is 83.4 Å². The van der Waals surface area contributed by atoms with Crippen molar-refractivity contribution >= 4 is 22.8 Å². The average molecular weight is 528 g/mol. The number of hydrogen-bond acceptors (Lipinski definition) is 6. The van der Waals surface area contributed by atoms with E-state index in [-0.39, 0.29) is 31.7 Å². The van der Waals surface area contributed by atoms with E-state index < -0.39 is 6.04 Å². The van der Waals surface area contributed by atoms with E-state index in [1.54, 1.807) is 9.58 Å². The Morgan fingerprint density at radius 2 is 1.79 bits per heavy atom. The van der Waals surface area contributed by atoms with Crippen LogP contribution < -0.4 is 14.8 Å². The summed E-state index contributed by atoms with van der Waals surface area (Å²) in [7, 11) is 0. The second-order valence-electron chi connectivity index (χ2n) is 10.2. The maximum Gasteiger partial charge on any atom is 0.247 e. The second-order valence-corrected chi connectivity index (χ2v) is 10.2. The molecule has 0 radical (unpaired) electrons. The summed E-state index contributed by atoms with van der Waals surface area (Å²) in [5.74, 6) is 1.24. The SMILES string of the molecule is Cc1ccc([C@H](C(=O)NCCC(C)C)N(Cc2ccc3c(c2)OCO3)C(=O)Cn2nnc3ccccc32)cc1. The van der Waals surface area contributed by atoms with Crippen LogP contribution in [-0.2, 0) is 22.7 Å². The van der Waals surface area contributed by atoms with Gasteiger partial charge in [0.25, 0.3) is 0 Å². The van der Waals surface area contributed by atoms with Crippen LogP contribution in [0.5, 0.6) is 11.5 Å². The summed E-state index contributed by atoms with van der Waals surface area (Å²) < 4.78 is 12.6. The Balaban J connectivity index is 1.51. The van der Waals surface area contributed by atoms with Gasteiger partial charge in [0.1, 0.15) is 18.1 Å². The topological polar surface area (TPSA) is 98.6 Å². The van der Waals surface area contributed by atoms with Crippen LogP contribution in [0.4, 0.5) is 0 Å². The van der Waals surface area contributed by atoms with Gasteiger partial charge in [-0.1, -0.05) is 67.1 Å². The van der Waals surface area contributed by atoms with Gasteiger partial charge in [0.15, 0.2) is 11.5 Å². The molecule has 2 heterocycles. The molecule has 1 aliphatic rings. The lowest BCUT2D eigenvalue weighted by Crippen LogP contribution is -2.45. The van der Waals surface area contributed by atoms with Crippen LogP contribution >= 0.6 is 0 Å². The van der Waals surface area contributed by atoms with E-state index in [0.717, 1.165) is 28.6 Å². The fourth-order valence-corrected chi connectivity index (χ4v) is 4.61. The van der Waals surface area contributed by atoms with Gasteiger partial charge >= 0.3 is 0 Å². The predicted octanol–water partition coefficient (Wildman–Crippen LogP) is 4.40. The Morgan fingerprint density at radius 3 is 2.59 bits per heavy atom. The molecular formula is C30H33N5O4. The minimum Gasteiger partial charge on any atom is -0.454 e. The van der Waals surface area contributed by atoms with E-state index in [1.807, 2.05) is 73.7 Å². The Hall–Kier alpha value is -4.40. The number of nitrogens with zero attached hydrogens (tertiary/aromatic N) is 4. The Kier molecular flexibility index (Phi) is 7.76. The predicted molar refractivity (Wildman–Crippen MR) is 147 cm³/mol. The third kappa shape index (κ3) is 6.03. The molecule has 5 rings (SSSR count). The van der Waals surface area contributed by atoms with Gasteiger partial charge in [-0.15, -0.1) is 5.10 Å². The number of carbonyl (C=O) groups excluding carboxylic acids is 2. The Bertz CT molecular complexity index is 1460. The summed E-state index contributed by atoms with van der Waals surface area (Å²) >= 11 is 0. The number of amides is 2. The summed E-state index contributed by atoms with van der Waals surface area (Å²) in [6, 6.07) is 20.0. The number of nitrogens with one attached hydrogen (secondary N) is 1. The summed E-state index contributed by atoms with van der Waals surface area (Å²) in [6.07, 6.45) is 0.841. The molecule has 1 aromatic heterocycles. The third-order valence-electron chi connectivity index (χ3n) is 6.79. The molecule has 4 aromatic rings. The molecule has 1 atom stereocenters. The quantitative estimate of drug-likeness (QED) is 0.328. The van der Waals surface area contributed by atoms with E-state index in [1.165, 1.54) is 0 Å². The van der Waals surface area contributed by atoms with E-state index in [0.29, 0.717) is 29.5 Å². The fourth-order valence-electron chi connectivity index (χ4n) is 4.61. The number of fused-ring (bicyclic) bond motifs is 2. The largest absolute Gasteiger partial charge is 0.454 e. The molecule has 0 spiro atoms. The zero-order valence-corrected chi connectivity index (χ0v) is 22.5. The number of carbonyl (C=O) groups is 2. The van der Waals surface area contributed by atoms with Crippen LogP contribution in [-0.4, -0.2) is 45.0 Å². The van der Waals surface area contributed by atoms with Crippen molar-refractivity contribution in [1.82, 2.24) is 25.2 Å². The van der Waals surface area contributed by atoms with Gasteiger partial charge in [-0.2, -0.15) is 0 Å². The maximum atomic E-state index is 14.1. The molecule has 202 valence electrons. The molecule has 0 aliphatic carbocycles. The lowest BCUT2D eigenvalue weighted by atomic mass is 10.0. The van der Waals surface area contributed by atoms with Crippen LogP contribution in [0, 0.1) is 12.8 Å². The minimum atomic E-state index is -0.842. The molecule has 9 heteroatoms.